The molecule has 3 atom stereocenters. The van der Waals surface area contributed by atoms with Crippen molar-refractivity contribution in [2.45, 2.75) is 44.2 Å². The number of H-pyrrole nitrogens is 1. The standard InChI is InChI=1S/C32H32FN7O6/c1-46-27(19-5-3-2-4-6-19)32(45)39-17-23-21(15-34-36-23)29(39)38-11-9-37(10-12-38)16-18-13-20-26(22(33)14-18)31(44)40(30(20)43)24-7-8-25(41)35-28(24)42/h2-6,13-15,24,27,29H,7-12,16-17H2,1H3,(H,34,36)(H,35,41,42)/t24?,27-,29?/m1/s1. The second-order valence-electron chi connectivity index (χ2n) is 11.9. The predicted octanol–water partition coefficient (Wildman–Crippen LogP) is 1.50. The van der Waals surface area contributed by atoms with Crippen molar-refractivity contribution < 1.29 is 33.1 Å². The molecule has 1 aromatic heterocycles. The molecule has 238 valence electrons. The lowest BCUT2D eigenvalue weighted by Gasteiger charge is -2.41. The van der Waals surface area contributed by atoms with Crippen LogP contribution < -0.4 is 5.32 Å². The molecule has 2 aromatic carbocycles. The molecule has 0 aliphatic carbocycles. The molecule has 46 heavy (non-hydrogen) atoms. The first-order valence-electron chi connectivity index (χ1n) is 15.2. The number of hydrogen-bond acceptors (Lipinski definition) is 9. The van der Waals surface area contributed by atoms with Gasteiger partial charge in [0, 0.05) is 51.8 Å². The smallest absolute Gasteiger partial charge is 0.265 e. The van der Waals surface area contributed by atoms with E-state index < -0.39 is 41.6 Å². The molecule has 2 unspecified atom stereocenters. The third-order valence-electron chi connectivity index (χ3n) is 9.21. The Morgan fingerprint density at radius 2 is 1.83 bits per heavy atom. The second-order valence-corrected chi connectivity index (χ2v) is 11.9. The number of nitrogens with one attached hydrogen (secondary N) is 2. The van der Waals surface area contributed by atoms with Gasteiger partial charge in [-0.15, -0.1) is 0 Å². The van der Waals surface area contributed by atoms with Gasteiger partial charge in [-0.1, -0.05) is 30.3 Å². The Labute approximate surface area is 263 Å². The van der Waals surface area contributed by atoms with Crippen LogP contribution in [0.15, 0.2) is 48.7 Å². The lowest BCUT2D eigenvalue weighted by Crippen LogP contribution is -2.54. The van der Waals surface area contributed by atoms with E-state index in [9.17, 15) is 24.0 Å². The number of piperazine rings is 1. The molecule has 7 rings (SSSR count). The van der Waals surface area contributed by atoms with Gasteiger partial charge < -0.3 is 9.64 Å². The minimum absolute atomic E-state index is 0.00238. The summed E-state index contributed by atoms with van der Waals surface area (Å²) in [6, 6.07) is 11.0. The molecule has 4 aliphatic rings. The largest absolute Gasteiger partial charge is 0.367 e. The number of amides is 5. The number of fused-ring (bicyclic) bond motifs is 2. The number of aromatic nitrogens is 2. The molecule has 2 fully saturated rings. The third-order valence-corrected chi connectivity index (χ3v) is 9.21. The number of piperidine rings is 1. The first kappa shape index (κ1) is 29.9. The summed E-state index contributed by atoms with van der Waals surface area (Å²) < 4.78 is 21.0. The normalized spacial score (nSPS) is 22.7. The minimum Gasteiger partial charge on any atom is -0.367 e. The Morgan fingerprint density at radius 1 is 1.07 bits per heavy atom. The van der Waals surface area contributed by atoms with Crippen LogP contribution in [0.4, 0.5) is 4.39 Å². The fraction of sp³-hybridized carbons (Fsp3) is 0.375. The van der Waals surface area contributed by atoms with Crippen LogP contribution in [0.1, 0.15) is 68.2 Å². The van der Waals surface area contributed by atoms with Crippen molar-refractivity contribution in [3.05, 3.63) is 88.0 Å². The van der Waals surface area contributed by atoms with Crippen LogP contribution in [0.25, 0.3) is 0 Å². The Balaban J connectivity index is 1.04. The monoisotopic (exact) mass is 629 g/mol. The number of carbonyl (C=O) groups excluding carboxylic acids is 5. The highest BCUT2D eigenvalue weighted by Gasteiger charge is 2.46. The summed E-state index contributed by atoms with van der Waals surface area (Å²) in [5.41, 5.74) is 2.68. The van der Waals surface area contributed by atoms with Gasteiger partial charge in [0.2, 0.25) is 11.8 Å². The zero-order valence-electron chi connectivity index (χ0n) is 25.1. The number of rotatable bonds is 7. The molecule has 5 amide bonds. The predicted molar refractivity (Wildman–Crippen MR) is 158 cm³/mol. The van der Waals surface area contributed by atoms with E-state index in [4.69, 9.17) is 4.74 Å². The topological polar surface area (TPSA) is 148 Å². The van der Waals surface area contributed by atoms with Crippen molar-refractivity contribution in [2.75, 3.05) is 33.3 Å². The Kier molecular flexibility index (Phi) is 7.71. The van der Waals surface area contributed by atoms with E-state index in [1.165, 1.54) is 19.2 Å². The summed E-state index contributed by atoms with van der Waals surface area (Å²) >= 11 is 0. The van der Waals surface area contributed by atoms with E-state index in [1.807, 2.05) is 35.2 Å². The van der Waals surface area contributed by atoms with Gasteiger partial charge in [0.1, 0.15) is 18.0 Å². The highest BCUT2D eigenvalue weighted by Crippen LogP contribution is 2.38. The van der Waals surface area contributed by atoms with E-state index in [2.05, 4.69) is 25.3 Å². The fourth-order valence-corrected chi connectivity index (χ4v) is 6.96. The van der Waals surface area contributed by atoms with Crippen LogP contribution in [0.5, 0.6) is 0 Å². The van der Waals surface area contributed by atoms with E-state index in [0.29, 0.717) is 44.8 Å². The first-order chi connectivity index (χ1) is 22.2. The van der Waals surface area contributed by atoms with Crippen molar-refractivity contribution in [1.82, 2.24) is 35.1 Å². The number of hydrogen-bond donors (Lipinski definition) is 2. The molecular formula is C32H32FN7O6. The van der Waals surface area contributed by atoms with Gasteiger partial charge in [-0.2, -0.15) is 5.10 Å². The van der Waals surface area contributed by atoms with Gasteiger partial charge in [-0.3, -0.25) is 49.1 Å². The number of benzene rings is 2. The van der Waals surface area contributed by atoms with Crippen molar-refractivity contribution in [1.29, 1.82) is 0 Å². The van der Waals surface area contributed by atoms with Crippen molar-refractivity contribution in [2.24, 2.45) is 0 Å². The lowest BCUT2D eigenvalue weighted by atomic mass is 10.0. The average Bonchev–Trinajstić information content (AvgIpc) is 3.71. The van der Waals surface area contributed by atoms with Crippen LogP contribution in [-0.4, -0.2) is 98.7 Å². The van der Waals surface area contributed by atoms with Gasteiger partial charge in [-0.05, 0) is 29.7 Å². The van der Waals surface area contributed by atoms with Crippen LogP contribution in [-0.2, 0) is 32.2 Å². The summed E-state index contributed by atoms with van der Waals surface area (Å²) in [6.45, 7) is 3.13. The Morgan fingerprint density at radius 3 is 2.54 bits per heavy atom. The quantitative estimate of drug-likeness (QED) is 0.371. The van der Waals surface area contributed by atoms with E-state index in [1.54, 1.807) is 6.20 Å². The zero-order valence-corrected chi connectivity index (χ0v) is 25.1. The number of halogens is 1. The van der Waals surface area contributed by atoms with Gasteiger partial charge in [0.25, 0.3) is 17.7 Å². The molecule has 0 bridgehead atoms. The summed E-state index contributed by atoms with van der Waals surface area (Å²) in [5, 5.41) is 9.37. The fourth-order valence-electron chi connectivity index (χ4n) is 6.96. The highest BCUT2D eigenvalue weighted by atomic mass is 19.1. The minimum atomic E-state index is -1.16. The summed E-state index contributed by atoms with van der Waals surface area (Å²) in [4.78, 5) is 71.0. The van der Waals surface area contributed by atoms with E-state index in [0.717, 1.165) is 21.7 Å². The Bertz CT molecular complexity index is 1740. The second kappa shape index (κ2) is 11.9. The number of imide groups is 2. The average molecular weight is 630 g/mol. The SMILES string of the molecule is CO[C@@H](C(=O)N1Cc2[nH]ncc2C1N1CCN(Cc2cc(F)c3c(c2)C(=O)N(C2CCC(=O)NC2=O)C3=O)CC1)c1ccccc1. The summed E-state index contributed by atoms with van der Waals surface area (Å²) in [7, 11) is 1.53. The molecular weight excluding hydrogens is 597 g/mol. The highest BCUT2D eigenvalue weighted by molar-refractivity contribution is 6.23. The molecule has 4 aliphatic heterocycles. The van der Waals surface area contributed by atoms with E-state index >= 15 is 4.39 Å². The van der Waals surface area contributed by atoms with Crippen LogP contribution in [0.2, 0.25) is 0 Å². The molecule has 0 spiro atoms. The maximum atomic E-state index is 15.3. The molecule has 0 saturated carbocycles. The molecule has 13 nitrogen and oxygen atoms in total. The number of nitrogens with zero attached hydrogens (tertiary/aromatic N) is 5. The molecule has 5 heterocycles. The van der Waals surface area contributed by atoms with Crippen LogP contribution in [0, 0.1) is 5.82 Å². The van der Waals surface area contributed by atoms with Gasteiger partial charge >= 0.3 is 0 Å². The van der Waals surface area contributed by atoms with Gasteiger partial charge in [0.05, 0.1) is 29.6 Å². The Hall–Kier alpha value is -4.79. The van der Waals surface area contributed by atoms with Crippen molar-refractivity contribution >= 4 is 29.5 Å². The van der Waals surface area contributed by atoms with Gasteiger partial charge in [0.15, 0.2) is 6.10 Å². The maximum Gasteiger partial charge on any atom is 0.265 e. The van der Waals surface area contributed by atoms with Crippen molar-refractivity contribution in [3.8, 4) is 0 Å². The molecule has 2 N–H and O–H groups in total. The number of aromatic amines is 1. The number of carbonyl (C=O) groups is 5. The molecule has 3 aromatic rings. The summed E-state index contributed by atoms with van der Waals surface area (Å²) in [5.74, 6) is -3.80. The zero-order chi connectivity index (χ0) is 32.1. The van der Waals surface area contributed by atoms with E-state index in [-0.39, 0.29) is 36.0 Å². The lowest BCUT2D eigenvalue weighted by molar-refractivity contribution is -0.150. The van der Waals surface area contributed by atoms with Crippen molar-refractivity contribution in [3.63, 3.8) is 0 Å². The van der Waals surface area contributed by atoms with Crippen LogP contribution in [0.3, 0.4) is 0 Å². The maximum absolute atomic E-state index is 15.3. The first-order valence-corrected chi connectivity index (χ1v) is 15.2. The number of methoxy groups -OCH3 is 1. The molecule has 0 radical (unpaired) electrons. The van der Waals surface area contributed by atoms with Crippen LogP contribution >= 0.6 is 0 Å². The van der Waals surface area contributed by atoms with Gasteiger partial charge in [-0.25, -0.2) is 4.39 Å². The molecule has 2 saturated heterocycles. The summed E-state index contributed by atoms with van der Waals surface area (Å²) in [6.07, 6.45) is 0.657. The number of ether oxygens (including phenoxy) is 1. The third kappa shape index (κ3) is 5.07. The molecule has 14 heteroatoms.